The average Bonchev–Trinajstić information content (AvgIpc) is 2.42. The van der Waals surface area contributed by atoms with Gasteiger partial charge >= 0.3 is 0 Å². The maximum Gasteiger partial charge on any atom is 0.0657 e. The first-order chi connectivity index (χ1) is 6.63. The first kappa shape index (κ1) is 10.1. The zero-order valence-corrected chi connectivity index (χ0v) is 9.44. The molecule has 2 N–H and O–H groups in total. The van der Waals surface area contributed by atoms with Crippen LogP contribution in [-0.4, -0.2) is 19.6 Å². The lowest BCUT2D eigenvalue weighted by atomic mass is 10.1. The Hall–Kier alpha value is -0.440. The summed E-state index contributed by atoms with van der Waals surface area (Å²) >= 11 is 12.1. The summed E-state index contributed by atoms with van der Waals surface area (Å²) in [5.74, 6) is 0. The molecule has 1 aromatic rings. The summed E-state index contributed by atoms with van der Waals surface area (Å²) < 4.78 is 0. The van der Waals surface area contributed by atoms with Gasteiger partial charge in [-0.2, -0.15) is 0 Å². The average molecular weight is 231 g/mol. The molecule has 1 aliphatic heterocycles. The molecule has 1 atom stereocenters. The van der Waals surface area contributed by atoms with Gasteiger partial charge in [0.15, 0.2) is 0 Å². The first-order valence-electron chi connectivity index (χ1n) is 4.54. The molecule has 0 aromatic heterocycles. The Morgan fingerprint density at radius 3 is 2.86 bits per heavy atom. The van der Waals surface area contributed by atoms with Crippen molar-refractivity contribution in [1.29, 1.82) is 0 Å². The molecule has 0 radical (unpaired) electrons. The van der Waals surface area contributed by atoms with Crippen LogP contribution in [0.5, 0.6) is 0 Å². The number of fused-ring (bicyclic) bond motifs is 1. The fourth-order valence-electron chi connectivity index (χ4n) is 1.98. The highest BCUT2D eigenvalue weighted by molar-refractivity contribution is 6.36. The zero-order valence-electron chi connectivity index (χ0n) is 7.93. The topological polar surface area (TPSA) is 29.3 Å². The minimum Gasteiger partial charge on any atom is -0.369 e. The lowest BCUT2D eigenvalue weighted by Gasteiger charge is -2.21. The second-order valence-corrected chi connectivity index (χ2v) is 4.44. The molecule has 0 aliphatic carbocycles. The summed E-state index contributed by atoms with van der Waals surface area (Å²) in [7, 11) is 2.02. The maximum atomic E-state index is 6.13. The predicted molar refractivity (Wildman–Crippen MR) is 61.4 cm³/mol. The van der Waals surface area contributed by atoms with E-state index in [0.717, 1.165) is 12.1 Å². The molecule has 0 saturated heterocycles. The van der Waals surface area contributed by atoms with Crippen molar-refractivity contribution < 1.29 is 0 Å². The number of nitrogens with two attached hydrogens (primary N) is 1. The lowest BCUT2D eigenvalue weighted by Crippen LogP contribution is -2.34. The van der Waals surface area contributed by atoms with Crippen LogP contribution in [0.25, 0.3) is 0 Å². The SMILES string of the molecule is CN1c2c(Cl)cc(Cl)cc2CC1CN. The standard InChI is InChI=1S/C10H12Cl2N2/c1-14-8(5-13)3-6-2-7(11)4-9(12)10(6)14/h2,4,8H,3,5,13H2,1H3. The summed E-state index contributed by atoms with van der Waals surface area (Å²) in [6.45, 7) is 0.638. The Balaban J connectivity index is 2.48. The van der Waals surface area contributed by atoms with Crippen LogP contribution in [0.15, 0.2) is 12.1 Å². The highest BCUT2D eigenvalue weighted by Crippen LogP contribution is 2.38. The smallest absolute Gasteiger partial charge is 0.0657 e. The van der Waals surface area contributed by atoms with Gasteiger partial charge in [0.25, 0.3) is 0 Å². The molecular weight excluding hydrogens is 219 g/mol. The van der Waals surface area contributed by atoms with Crippen molar-refractivity contribution in [2.45, 2.75) is 12.5 Å². The molecule has 4 heteroatoms. The van der Waals surface area contributed by atoms with Crippen LogP contribution in [0, 0.1) is 0 Å². The van der Waals surface area contributed by atoms with Crippen LogP contribution in [-0.2, 0) is 6.42 Å². The highest BCUT2D eigenvalue weighted by atomic mass is 35.5. The van der Waals surface area contributed by atoms with Crippen molar-refractivity contribution >= 4 is 28.9 Å². The second kappa shape index (κ2) is 3.61. The van der Waals surface area contributed by atoms with E-state index in [1.54, 1.807) is 6.07 Å². The van der Waals surface area contributed by atoms with Gasteiger partial charge in [0.2, 0.25) is 0 Å². The molecule has 0 saturated carbocycles. The van der Waals surface area contributed by atoms with E-state index in [9.17, 15) is 0 Å². The van der Waals surface area contributed by atoms with Crippen LogP contribution in [0.2, 0.25) is 10.0 Å². The molecule has 76 valence electrons. The fourth-order valence-corrected chi connectivity index (χ4v) is 2.65. The predicted octanol–water partition coefficient (Wildman–Crippen LogP) is 2.31. The van der Waals surface area contributed by atoms with Crippen molar-refractivity contribution in [2.24, 2.45) is 5.73 Å². The van der Waals surface area contributed by atoms with Crippen LogP contribution >= 0.6 is 23.2 Å². The van der Waals surface area contributed by atoms with Gasteiger partial charge in [-0.15, -0.1) is 0 Å². The van der Waals surface area contributed by atoms with Gasteiger partial charge in [-0.05, 0) is 24.1 Å². The van der Waals surface area contributed by atoms with Gasteiger partial charge in [0.1, 0.15) is 0 Å². The normalized spacial score (nSPS) is 20.0. The monoisotopic (exact) mass is 230 g/mol. The van der Waals surface area contributed by atoms with Crippen LogP contribution in [0.3, 0.4) is 0 Å². The number of anilines is 1. The molecule has 1 aromatic carbocycles. The Labute approximate surface area is 93.6 Å². The fraction of sp³-hybridized carbons (Fsp3) is 0.400. The van der Waals surface area contributed by atoms with Gasteiger partial charge in [-0.25, -0.2) is 0 Å². The molecular formula is C10H12Cl2N2. The van der Waals surface area contributed by atoms with E-state index in [1.165, 1.54) is 5.56 Å². The van der Waals surface area contributed by atoms with Crippen molar-refractivity contribution in [3.63, 3.8) is 0 Å². The molecule has 0 amide bonds. The molecule has 1 heterocycles. The van der Waals surface area contributed by atoms with E-state index in [-0.39, 0.29) is 0 Å². The number of benzene rings is 1. The molecule has 2 nitrogen and oxygen atoms in total. The Bertz CT molecular complexity index is 365. The number of rotatable bonds is 1. The molecule has 1 aliphatic rings. The third kappa shape index (κ3) is 1.48. The van der Waals surface area contributed by atoms with E-state index in [2.05, 4.69) is 4.90 Å². The third-order valence-electron chi connectivity index (χ3n) is 2.74. The molecule has 0 fully saturated rings. The quantitative estimate of drug-likeness (QED) is 0.803. The highest BCUT2D eigenvalue weighted by Gasteiger charge is 2.27. The lowest BCUT2D eigenvalue weighted by molar-refractivity contribution is 0.675. The minimum atomic E-state index is 0.348. The summed E-state index contributed by atoms with van der Waals surface area (Å²) in [5.41, 5.74) is 7.94. The minimum absolute atomic E-state index is 0.348. The number of likely N-dealkylation sites (N-methyl/N-ethyl adjacent to an activating group) is 1. The van der Waals surface area contributed by atoms with E-state index >= 15 is 0 Å². The van der Waals surface area contributed by atoms with E-state index in [1.807, 2.05) is 13.1 Å². The summed E-state index contributed by atoms with van der Waals surface area (Å²) in [6, 6.07) is 4.09. The Morgan fingerprint density at radius 2 is 2.21 bits per heavy atom. The van der Waals surface area contributed by atoms with Gasteiger partial charge in [0, 0.05) is 24.7 Å². The zero-order chi connectivity index (χ0) is 10.3. The van der Waals surface area contributed by atoms with Gasteiger partial charge in [0.05, 0.1) is 10.7 Å². The number of nitrogens with zero attached hydrogens (tertiary/aromatic N) is 1. The van der Waals surface area contributed by atoms with Gasteiger partial charge in [-0.1, -0.05) is 23.2 Å². The summed E-state index contributed by atoms with van der Waals surface area (Å²) in [5, 5.41) is 1.41. The van der Waals surface area contributed by atoms with Crippen molar-refractivity contribution in [2.75, 3.05) is 18.5 Å². The van der Waals surface area contributed by atoms with Crippen LogP contribution < -0.4 is 10.6 Å². The largest absolute Gasteiger partial charge is 0.369 e. The number of halogens is 2. The van der Waals surface area contributed by atoms with Gasteiger partial charge < -0.3 is 10.6 Å². The number of hydrogen-bond donors (Lipinski definition) is 1. The van der Waals surface area contributed by atoms with E-state index in [4.69, 9.17) is 28.9 Å². The molecule has 14 heavy (non-hydrogen) atoms. The van der Waals surface area contributed by atoms with E-state index < -0.39 is 0 Å². The van der Waals surface area contributed by atoms with Gasteiger partial charge in [-0.3, -0.25) is 0 Å². The van der Waals surface area contributed by atoms with Crippen molar-refractivity contribution in [3.8, 4) is 0 Å². The molecule has 0 bridgehead atoms. The van der Waals surface area contributed by atoms with Crippen molar-refractivity contribution in [3.05, 3.63) is 27.7 Å². The summed E-state index contributed by atoms with van der Waals surface area (Å²) in [4.78, 5) is 2.13. The number of hydrogen-bond acceptors (Lipinski definition) is 2. The molecule has 2 rings (SSSR count). The first-order valence-corrected chi connectivity index (χ1v) is 5.30. The van der Waals surface area contributed by atoms with E-state index in [0.29, 0.717) is 22.6 Å². The summed E-state index contributed by atoms with van der Waals surface area (Å²) in [6.07, 6.45) is 0.933. The van der Waals surface area contributed by atoms with Crippen LogP contribution in [0.4, 0.5) is 5.69 Å². The molecule has 1 unspecified atom stereocenters. The van der Waals surface area contributed by atoms with Crippen molar-refractivity contribution in [1.82, 2.24) is 0 Å². The second-order valence-electron chi connectivity index (χ2n) is 3.60. The Morgan fingerprint density at radius 1 is 1.50 bits per heavy atom. The van der Waals surface area contributed by atoms with Crippen LogP contribution in [0.1, 0.15) is 5.56 Å². The molecule has 0 spiro atoms. The third-order valence-corrected chi connectivity index (χ3v) is 3.24. The Kier molecular flexibility index (Phi) is 2.60. The maximum absolute atomic E-state index is 6.13.